The van der Waals surface area contributed by atoms with E-state index in [0.717, 1.165) is 69.1 Å². The number of aromatic amines is 1. The monoisotopic (exact) mass is 450 g/mol. The van der Waals surface area contributed by atoms with Crippen molar-refractivity contribution in [2.45, 2.75) is 32.6 Å². The zero-order valence-corrected chi connectivity index (χ0v) is 19.6. The second-order valence-corrected chi connectivity index (χ2v) is 8.76. The van der Waals surface area contributed by atoms with Crippen LogP contribution in [0.2, 0.25) is 0 Å². The molecule has 3 heterocycles. The lowest BCUT2D eigenvalue weighted by atomic mass is 10.0. The lowest BCUT2D eigenvalue weighted by Crippen LogP contribution is -2.47. The van der Waals surface area contributed by atoms with Crippen LogP contribution >= 0.6 is 0 Å². The minimum atomic E-state index is -0.167. The molecular weight excluding hydrogens is 416 g/mol. The summed E-state index contributed by atoms with van der Waals surface area (Å²) in [7, 11) is 2.15. The maximum Gasteiger partial charge on any atom is 0.319 e. The number of hydrogen-bond donors (Lipinski definition) is 3. The van der Waals surface area contributed by atoms with E-state index in [-0.39, 0.29) is 6.03 Å². The molecule has 4 rings (SSSR count). The highest BCUT2D eigenvalue weighted by Gasteiger charge is 2.14. The molecule has 1 aliphatic rings. The van der Waals surface area contributed by atoms with E-state index < -0.39 is 0 Å². The Kier molecular flexibility index (Phi) is 7.85. The van der Waals surface area contributed by atoms with Gasteiger partial charge in [0.1, 0.15) is 5.82 Å². The van der Waals surface area contributed by atoms with E-state index in [1.807, 2.05) is 6.07 Å². The summed E-state index contributed by atoms with van der Waals surface area (Å²) < 4.78 is 0. The third-order valence-electron chi connectivity index (χ3n) is 5.99. The molecule has 1 aliphatic heterocycles. The van der Waals surface area contributed by atoms with E-state index in [2.05, 4.69) is 66.5 Å². The van der Waals surface area contributed by atoms with Gasteiger partial charge >= 0.3 is 6.03 Å². The van der Waals surface area contributed by atoms with E-state index in [1.54, 1.807) is 12.4 Å². The number of carbonyl (C=O) groups is 1. The average Bonchev–Trinajstić information content (AvgIpc) is 3.21. The maximum atomic E-state index is 12.5. The Bertz CT molecular complexity index is 1020. The van der Waals surface area contributed by atoms with Gasteiger partial charge in [0.15, 0.2) is 11.3 Å². The Morgan fingerprint density at radius 2 is 1.88 bits per heavy atom. The number of aryl methyl sites for hydroxylation is 1. The molecule has 0 aliphatic carbocycles. The Balaban J connectivity index is 1.38. The standard InChI is InChI=1S/C24H34N8O/c1-3-4-5-18-14-19(17-21-29-22-23(30-21)26-7-6-25-22)16-20(15-18)28-24(33)27-8-9-32-12-10-31(2)11-13-32/h6-7,14-16H,3-5,8-13,17H2,1-2H3,(H2,27,28,33)(H,25,26,29,30). The smallest absolute Gasteiger partial charge is 0.319 e. The van der Waals surface area contributed by atoms with Crippen LogP contribution in [0.15, 0.2) is 30.6 Å². The van der Waals surface area contributed by atoms with Gasteiger partial charge in [-0.2, -0.15) is 0 Å². The van der Waals surface area contributed by atoms with Crippen molar-refractivity contribution in [3.05, 3.63) is 47.5 Å². The minimum Gasteiger partial charge on any atom is -0.337 e. The van der Waals surface area contributed by atoms with Gasteiger partial charge in [-0.05, 0) is 43.1 Å². The highest BCUT2D eigenvalue weighted by molar-refractivity contribution is 5.89. The average molecular weight is 451 g/mol. The first-order valence-corrected chi connectivity index (χ1v) is 11.8. The van der Waals surface area contributed by atoms with Crippen molar-refractivity contribution in [1.82, 2.24) is 35.1 Å². The topological polar surface area (TPSA) is 102 Å². The number of unbranched alkanes of at least 4 members (excludes halogenated alkanes) is 1. The van der Waals surface area contributed by atoms with Gasteiger partial charge in [0.05, 0.1) is 0 Å². The molecule has 3 N–H and O–H groups in total. The van der Waals surface area contributed by atoms with Crippen LogP contribution in [0.25, 0.3) is 11.3 Å². The molecule has 1 saturated heterocycles. The van der Waals surface area contributed by atoms with Crippen LogP contribution in [0.3, 0.4) is 0 Å². The van der Waals surface area contributed by atoms with Crippen LogP contribution in [0.5, 0.6) is 0 Å². The number of amides is 2. The summed E-state index contributed by atoms with van der Waals surface area (Å²) in [5.41, 5.74) is 4.42. The molecule has 176 valence electrons. The van der Waals surface area contributed by atoms with E-state index in [0.29, 0.717) is 24.3 Å². The first-order valence-electron chi connectivity index (χ1n) is 11.8. The molecule has 1 aromatic carbocycles. The second-order valence-electron chi connectivity index (χ2n) is 8.76. The van der Waals surface area contributed by atoms with Crippen LogP contribution in [-0.4, -0.2) is 82.1 Å². The summed E-state index contributed by atoms with van der Waals surface area (Å²) in [5.74, 6) is 0.811. The van der Waals surface area contributed by atoms with E-state index >= 15 is 0 Å². The Morgan fingerprint density at radius 1 is 1.09 bits per heavy atom. The number of H-pyrrole nitrogens is 1. The van der Waals surface area contributed by atoms with E-state index in [4.69, 9.17) is 0 Å². The van der Waals surface area contributed by atoms with Crippen LogP contribution < -0.4 is 10.6 Å². The SMILES string of the molecule is CCCCc1cc(Cc2nc3nccnc3[nH]2)cc(NC(=O)NCCN2CCN(C)CC2)c1. The molecule has 0 unspecified atom stereocenters. The van der Waals surface area contributed by atoms with Crippen molar-refractivity contribution in [1.29, 1.82) is 0 Å². The summed E-state index contributed by atoms with van der Waals surface area (Å²) >= 11 is 0. The number of hydrogen-bond acceptors (Lipinski definition) is 6. The van der Waals surface area contributed by atoms with Gasteiger partial charge in [-0.1, -0.05) is 19.4 Å². The molecule has 0 bridgehead atoms. The minimum absolute atomic E-state index is 0.167. The van der Waals surface area contributed by atoms with E-state index in [9.17, 15) is 4.79 Å². The zero-order valence-electron chi connectivity index (χ0n) is 19.6. The zero-order chi connectivity index (χ0) is 23.0. The number of fused-ring (bicyclic) bond motifs is 1. The fourth-order valence-corrected chi connectivity index (χ4v) is 4.11. The first kappa shape index (κ1) is 23.1. The molecule has 2 amide bonds. The van der Waals surface area contributed by atoms with Gasteiger partial charge in [0.25, 0.3) is 0 Å². The van der Waals surface area contributed by atoms with Crippen molar-refractivity contribution >= 4 is 23.0 Å². The van der Waals surface area contributed by atoms with Crippen LogP contribution in [0.1, 0.15) is 36.7 Å². The number of imidazole rings is 1. The van der Waals surface area contributed by atoms with Crippen molar-refractivity contribution in [3.63, 3.8) is 0 Å². The summed E-state index contributed by atoms with van der Waals surface area (Å²) in [4.78, 5) is 33.6. The molecule has 1 fully saturated rings. The Labute approximate surface area is 195 Å². The quantitative estimate of drug-likeness (QED) is 0.463. The largest absolute Gasteiger partial charge is 0.337 e. The molecule has 33 heavy (non-hydrogen) atoms. The van der Waals surface area contributed by atoms with Crippen LogP contribution in [0, 0.1) is 0 Å². The second kappa shape index (κ2) is 11.2. The maximum absolute atomic E-state index is 12.5. The molecule has 9 heteroatoms. The number of carbonyl (C=O) groups excluding carboxylic acids is 1. The van der Waals surface area contributed by atoms with Gasteiger partial charge in [-0.15, -0.1) is 0 Å². The number of rotatable bonds is 9. The van der Waals surface area contributed by atoms with Gasteiger partial charge in [0, 0.05) is 63.8 Å². The number of nitrogens with one attached hydrogen (secondary N) is 3. The highest BCUT2D eigenvalue weighted by atomic mass is 16.2. The van der Waals surface area contributed by atoms with Gasteiger partial charge in [-0.3, -0.25) is 4.90 Å². The van der Waals surface area contributed by atoms with Crippen molar-refractivity contribution in [2.75, 3.05) is 51.6 Å². The number of benzene rings is 1. The molecule has 3 aromatic rings. The lowest BCUT2D eigenvalue weighted by Gasteiger charge is -2.32. The van der Waals surface area contributed by atoms with Gasteiger partial charge in [-0.25, -0.2) is 19.7 Å². The van der Waals surface area contributed by atoms with Crippen LogP contribution in [-0.2, 0) is 12.8 Å². The van der Waals surface area contributed by atoms with E-state index in [1.165, 1.54) is 5.56 Å². The van der Waals surface area contributed by atoms with Crippen molar-refractivity contribution in [2.24, 2.45) is 0 Å². The molecule has 0 radical (unpaired) electrons. The van der Waals surface area contributed by atoms with Crippen LogP contribution in [0.4, 0.5) is 10.5 Å². The fourth-order valence-electron chi connectivity index (χ4n) is 4.11. The molecular formula is C24H34N8O. The Morgan fingerprint density at radius 3 is 2.67 bits per heavy atom. The number of nitrogens with zero attached hydrogens (tertiary/aromatic N) is 5. The van der Waals surface area contributed by atoms with Gasteiger partial charge < -0.3 is 20.5 Å². The van der Waals surface area contributed by atoms with Crippen molar-refractivity contribution in [3.8, 4) is 0 Å². The molecule has 0 spiro atoms. The fraction of sp³-hybridized carbons (Fsp3) is 0.500. The number of piperazine rings is 1. The molecule has 9 nitrogen and oxygen atoms in total. The Hall–Kier alpha value is -3.04. The number of aromatic nitrogens is 4. The summed E-state index contributed by atoms with van der Waals surface area (Å²) in [5, 5.41) is 6.02. The molecule has 0 saturated carbocycles. The third-order valence-corrected chi connectivity index (χ3v) is 5.99. The number of likely N-dealkylation sites (N-methyl/N-ethyl adjacent to an activating group) is 1. The molecule has 0 atom stereocenters. The normalized spacial score (nSPS) is 15.1. The predicted octanol–water partition coefficient (Wildman–Crippen LogP) is 2.66. The number of anilines is 1. The number of urea groups is 1. The lowest BCUT2D eigenvalue weighted by molar-refractivity contribution is 0.155. The van der Waals surface area contributed by atoms with Crippen molar-refractivity contribution < 1.29 is 4.79 Å². The first-order chi connectivity index (χ1) is 16.1. The summed E-state index contributed by atoms with van der Waals surface area (Å²) in [6.07, 6.45) is 7.13. The summed E-state index contributed by atoms with van der Waals surface area (Å²) in [6, 6.07) is 6.12. The van der Waals surface area contributed by atoms with Gasteiger partial charge in [0.2, 0.25) is 0 Å². The molecule has 2 aromatic heterocycles. The third kappa shape index (κ3) is 6.72. The predicted molar refractivity (Wildman–Crippen MR) is 131 cm³/mol. The summed E-state index contributed by atoms with van der Waals surface area (Å²) in [6.45, 7) is 7.96. The highest BCUT2D eigenvalue weighted by Crippen LogP contribution is 2.20.